The zero-order chi connectivity index (χ0) is 19.5. The lowest BCUT2D eigenvalue weighted by molar-refractivity contribution is 0.190. The van der Waals surface area contributed by atoms with Crippen LogP contribution in [0.1, 0.15) is 150 Å². The molecule has 0 aromatic carbocycles. The van der Waals surface area contributed by atoms with E-state index in [-0.39, 0.29) is 5.54 Å². The van der Waals surface area contributed by atoms with Crippen molar-refractivity contribution >= 4 is 0 Å². The van der Waals surface area contributed by atoms with E-state index in [1.165, 1.54) is 122 Å². The molecular formula is C25H53N. The zero-order valence-corrected chi connectivity index (χ0v) is 19.1. The largest absolute Gasteiger partial charge is 0.325 e. The Morgan fingerprint density at radius 3 is 1.35 bits per heavy atom. The third kappa shape index (κ3) is 13.2. The van der Waals surface area contributed by atoms with Crippen LogP contribution in [-0.2, 0) is 0 Å². The third-order valence-corrected chi connectivity index (χ3v) is 6.37. The van der Waals surface area contributed by atoms with Gasteiger partial charge in [-0.3, -0.25) is 0 Å². The lowest BCUT2D eigenvalue weighted by Gasteiger charge is -2.39. The van der Waals surface area contributed by atoms with Gasteiger partial charge < -0.3 is 5.73 Å². The minimum Gasteiger partial charge on any atom is -0.325 e. The van der Waals surface area contributed by atoms with Gasteiger partial charge in [0.15, 0.2) is 0 Å². The summed E-state index contributed by atoms with van der Waals surface area (Å²) in [6.07, 6.45) is 25.8. The Balaban J connectivity index is 4.68. The summed E-state index contributed by atoms with van der Waals surface area (Å²) in [6, 6.07) is 0. The fourth-order valence-electron chi connectivity index (χ4n) is 4.47. The van der Waals surface area contributed by atoms with Crippen LogP contribution in [0, 0.1) is 5.92 Å². The smallest absolute Gasteiger partial charge is 0.0182 e. The molecule has 1 heteroatoms. The van der Waals surface area contributed by atoms with Crippen LogP contribution < -0.4 is 5.73 Å². The van der Waals surface area contributed by atoms with Crippen molar-refractivity contribution in [1.82, 2.24) is 0 Å². The third-order valence-electron chi connectivity index (χ3n) is 6.37. The van der Waals surface area contributed by atoms with Crippen molar-refractivity contribution in [1.29, 1.82) is 0 Å². The Bertz CT molecular complexity index is 263. The SMILES string of the molecule is CCCCCCCCC(CCCCC)C(N)(CCCCC)CCCCC. The molecule has 0 aromatic heterocycles. The van der Waals surface area contributed by atoms with Crippen LogP contribution in [0.15, 0.2) is 0 Å². The van der Waals surface area contributed by atoms with Crippen LogP contribution in [0.2, 0.25) is 0 Å². The van der Waals surface area contributed by atoms with Gasteiger partial charge >= 0.3 is 0 Å². The van der Waals surface area contributed by atoms with Crippen molar-refractivity contribution in [2.24, 2.45) is 11.7 Å². The van der Waals surface area contributed by atoms with E-state index >= 15 is 0 Å². The van der Waals surface area contributed by atoms with Gasteiger partial charge in [-0.2, -0.15) is 0 Å². The summed E-state index contributed by atoms with van der Waals surface area (Å²) < 4.78 is 0. The molecule has 0 rings (SSSR count). The lowest BCUT2D eigenvalue weighted by Crippen LogP contribution is -2.47. The van der Waals surface area contributed by atoms with E-state index in [9.17, 15) is 0 Å². The summed E-state index contributed by atoms with van der Waals surface area (Å²) in [7, 11) is 0. The van der Waals surface area contributed by atoms with Crippen molar-refractivity contribution in [3.63, 3.8) is 0 Å². The minimum atomic E-state index is 0.113. The fourth-order valence-corrected chi connectivity index (χ4v) is 4.47. The van der Waals surface area contributed by atoms with Gasteiger partial charge in [-0.1, -0.05) is 124 Å². The average molecular weight is 368 g/mol. The summed E-state index contributed by atoms with van der Waals surface area (Å²) >= 11 is 0. The molecule has 26 heavy (non-hydrogen) atoms. The number of unbranched alkanes of at least 4 members (excludes halogenated alkanes) is 11. The van der Waals surface area contributed by atoms with Gasteiger partial charge in [0.25, 0.3) is 0 Å². The first-order valence-electron chi connectivity index (χ1n) is 12.4. The van der Waals surface area contributed by atoms with Crippen LogP contribution in [0.25, 0.3) is 0 Å². The standard InChI is InChI=1S/C25H53N/c1-5-9-13-14-15-17-21-24(20-16-10-6-2)25(26,22-18-11-7-3)23-19-12-8-4/h24H,5-23,26H2,1-4H3. The van der Waals surface area contributed by atoms with Crippen molar-refractivity contribution < 1.29 is 0 Å². The first kappa shape index (κ1) is 26.0. The molecule has 0 spiro atoms. The monoisotopic (exact) mass is 367 g/mol. The molecule has 0 fully saturated rings. The maximum atomic E-state index is 7.17. The van der Waals surface area contributed by atoms with Gasteiger partial charge in [-0.05, 0) is 31.6 Å². The van der Waals surface area contributed by atoms with Crippen LogP contribution in [0.4, 0.5) is 0 Å². The molecule has 0 bridgehead atoms. The Hall–Kier alpha value is -0.0400. The molecule has 0 aromatic rings. The highest BCUT2D eigenvalue weighted by atomic mass is 14.8. The van der Waals surface area contributed by atoms with Crippen LogP contribution >= 0.6 is 0 Å². The molecule has 1 nitrogen and oxygen atoms in total. The van der Waals surface area contributed by atoms with Crippen molar-refractivity contribution in [2.45, 2.75) is 155 Å². The van der Waals surface area contributed by atoms with Crippen molar-refractivity contribution in [3.8, 4) is 0 Å². The van der Waals surface area contributed by atoms with E-state index in [2.05, 4.69) is 27.7 Å². The van der Waals surface area contributed by atoms with E-state index in [1.54, 1.807) is 0 Å². The van der Waals surface area contributed by atoms with E-state index in [4.69, 9.17) is 5.73 Å². The maximum Gasteiger partial charge on any atom is 0.0182 e. The molecular weight excluding hydrogens is 314 g/mol. The summed E-state index contributed by atoms with van der Waals surface area (Å²) in [5.74, 6) is 0.758. The Morgan fingerprint density at radius 1 is 0.500 bits per heavy atom. The predicted octanol–water partition coefficient (Wildman–Crippen LogP) is 8.79. The maximum absolute atomic E-state index is 7.17. The molecule has 1 unspecified atom stereocenters. The van der Waals surface area contributed by atoms with Gasteiger partial charge in [0.1, 0.15) is 0 Å². The zero-order valence-electron chi connectivity index (χ0n) is 19.1. The molecule has 0 saturated carbocycles. The number of hydrogen-bond acceptors (Lipinski definition) is 1. The summed E-state index contributed by atoms with van der Waals surface area (Å²) in [4.78, 5) is 0. The molecule has 2 N–H and O–H groups in total. The van der Waals surface area contributed by atoms with Crippen molar-refractivity contribution in [2.75, 3.05) is 0 Å². The number of nitrogens with two attached hydrogens (primary N) is 1. The van der Waals surface area contributed by atoms with Gasteiger partial charge in [-0.15, -0.1) is 0 Å². The average Bonchev–Trinajstić information content (AvgIpc) is 2.63. The Morgan fingerprint density at radius 2 is 0.846 bits per heavy atom. The normalized spacial score (nSPS) is 13.3. The van der Waals surface area contributed by atoms with Crippen molar-refractivity contribution in [3.05, 3.63) is 0 Å². The van der Waals surface area contributed by atoms with Gasteiger partial charge in [0, 0.05) is 5.54 Å². The molecule has 158 valence electrons. The van der Waals surface area contributed by atoms with Crippen LogP contribution in [-0.4, -0.2) is 5.54 Å². The Kier molecular flexibility index (Phi) is 18.3. The van der Waals surface area contributed by atoms with Gasteiger partial charge in [0.05, 0.1) is 0 Å². The minimum absolute atomic E-state index is 0.113. The highest BCUT2D eigenvalue weighted by Gasteiger charge is 2.32. The molecule has 0 amide bonds. The highest BCUT2D eigenvalue weighted by Crippen LogP contribution is 2.35. The van der Waals surface area contributed by atoms with E-state index in [0.29, 0.717) is 0 Å². The second kappa shape index (κ2) is 18.3. The molecule has 1 atom stereocenters. The quantitative estimate of drug-likeness (QED) is 0.214. The topological polar surface area (TPSA) is 26.0 Å². The molecule has 0 aliphatic heterocycles. The molecule has 0 radical (unpaired) electrons. The van der Waals surface area contributed by atoms with E-state index in [1.807, 2.05) is 0 Å². The second-order valence-corrected chi connectivity index (χ2v) is 8.90. The summed E-state index contributed by atoms with van der Waals surface area (Å²) in [6.45, 7) is 9.24. The Labute approximate surface area is 167 Å². The molecule has 0 aliphatic rings. The first-order chi connectivity index (χ1) is 12.6. The van der Waals surface area contributed by atoms with Gasteiger partial charge in [-0.25, -0.2) is 0 Å². The lowest BCUT2D eigenvalue weighted by atomic mass is 9.72. The van der Waals surface area contributed by atoms with Crippen LogP contribution in [0.5, 0.6) is 0 Å². The molecule has 0 heterocycles. The molecule has 0 saturated heterocycles. The highest BCUT2D eigenvalue weighted by molar-refractivity contribution is 4.91. The summed E-state index contributed by atoms with van der Waals surface area (Å²) in [5, 5.41) is 0. The fraction of sp³-hybridized carbons (Fsp3) is 1.00. The number of rotatable bonds is 20. The number of hydrogen-bond donors (Lipinski definition) is 1. The summed E-state index contributed by atoms with van der Waals surface area (Å²) in [5.41, 5.74) is 7.28. The second-order valence-electron chi connectivity index (χ2n) is 8.90. The van der Waals surface area contributed by atoms with E-state index < -0.39 is 0 Å². The first-order valence-corrected chi connectivity index (χ1v) is 12.4. The predicted molar refractivity (Wildman–Crippen MR) is 121 cm³/mol. The van der Waals surface area contributed by atoms with Gasteiger partial charge in [0.2, 0.25) is 0 Å². The van der Waals surface area contributed by atoms with E-state index in [0.717, 1.165) is 5.92 Å². The van der Waals surface area contributed by atoms with Crippen LogP contribution in [0.3, 0.4) is 0 Å². The molecule has 0 aliphatic carbocycles.